The molecule has 0 bridgehead atoms. The smallest absolute Gasteiger partial charge is 0.229 e. The minimum absolute atomic E-state index is 0.107. The third kappa shape index (κ3) is 3.28. The first kappa shape index (κ1) is 12.1. The lowest BCUT2D eigenvalue weighted by Crippen LogP contribution is -2.46. The molecule has 1 unspecified atom stereocenters. The zero-order valence-corrected chi connectivity index (χ0v) is 9.07. The molecule has 1 heterocycles. The molecule has 86 valence electrons. The number of amides is 2. The van der Waals surface area contributed by atoms with Gasteiger partial charge in [-0.1, -0.05) is 0 Å². The number of carbonyl (C=O) groups excluding carboxylic acids is 2. The standard InChI is InChI=1S/C10H18N2O3/c1-2-15-8(6-11)7-12-9(13)4-3-5-10(12)14/h8H,2-7,11H2,1H3. The molecule has 5 heteroatoms. The molecule has 2 N–H and O–H groups in total. The second-order valence-corrected chi connectivity index (χ2v) is 3.56. The molecule has 2 amide bonds. The summed E-state index contributed by atoms with van der Waals surface area (Å²) < 4.78 is 5.32. The van der Waals surface area contributed by atoms with Crippen molar-refractivity contribution in [2.75, 3.05) is 19.7 Å². The van der Waals surface area contributed by atoms with Gasteiger partial charge in [-0.2, -0.15) is 0 Å². The number of nitrogens with two attached hydrogens (primary N) is 1. The van der Waals surface area contributed by atoms with E-state index < -0.39 is 0 Å². The van der Waals surface area contributed by atoms with Crippen LogP contribution in [0.1, 0.15) is 26.2 Å². The number of imide groups is 1. The van der Waals surface area contributed by atoms with Crippen molar-refractivity contribution in [3.8, 4) is 0 Å². The average molecular weight is 214 g/mol. The zero-order chi connectivity index (χ0) is 11.3. The lowest BCUT2D eigenvalue weighted by molar-refractivity contribution is -0.150. The minimum Gasteiger partial charge on any atom is -0.375 e. The number of ether oxygens (including phenoxy) is 1. The quantitative estimate of drug-likeness (QED) is 0.648. The average Bonchev–Trinajstić information content (AvgIpc) is 2.22. The van der Waals surface area contributed by atoms with E-state index in [1.165, 1.54) is 4.90 Å². The molecule has 0 aromatic heterocycles. The van der Waals surface area contributed by atoms with Crippen LogP contribution < -0.4 is 5.73 Å². The third-order valence-electron chi connectivity index (χ3n) is 2.43. The fourth-order valence-corrected chi connectivity index (χ4v) is 1.64. The van der Waals surface area contributed by atoms with E-state index in [9.17, 15) is 9.59 Å². The van der Waals surface area contributed by atoms with Crippen molar-refractivity contribution in [3.05, 3.63) is 0 Å². The maximum absolute atomic E-state index is 11.5. The number of likely N-dealkylation sites (tertiary alicyclic amines) is 1. The molecule has 15 heavy (non-hydrogen) atoms. The molecule has 1 aliphatic heterocycles. The summed E-state index contributed by atoms with van der Waals surface area (Å²) in [6.45, 7) is 3.02. The lowest BCUT2D eigenvalue weighted by Gasteiger charge is -2.28. The van der Waals surface area contributed by atoms with Gasteiger partial charge in [-0.25, -0.2) is 0 Å². The fourth-order valence-electron chi connectivity index (χ4n) is 1.64. The van der Waals surface area contributed by atoms with Crippen LogP contribution in [-0.2, 0) is 14.3 Å². The highest BCUT2D eigenvalue weighted by molar-refractivity contribution is 5.97. The van der Waals surface area contributed by atoms with Crippen molar-refractivity contribution in [2.24, 2.45) is 5.73 Å². The molecule has 0 spiro atoms. The summed E-state index contributed by atoms with van der Waals surface area (Å²) in [6, 6.07) is 0. The summed E-state index contributed by atoms with van der Waals surface area (Å²) in [7, 11) is 0. The minimum atomic E-state index is -0.235. The molecule has 0 aliphatic carbocycles. The number of rotatable bonds is 5. The van der Waals surface area contributed by atoms with Crippen molar-refractivity contribution >= 4 is 11.8 Å². The second-order valence-electron chi connectivity index (χ2n) is 3.56. The normalized spacial score (nSPS) is 19.5. The lowest BCUT2D eigenvalue weighted by atomic mass is 10.1. The topological polar surface area (TPSA) is 72.6 Å². The highest BCUT2D eigenvalue weighted by Gasteiger charge is 2.27. The zero-order valence-electron chi connectivity index (χ0n) is 9.07. The molecular formula is C10H18N2O3. The van der Waals surface area contributed by atoms with Gasteiger partial charge in [0.2, 0.25) is 11.8 Å². The molecule has 1 fully saturated rings. The fraction of sp³-hybridized carbons (Fsp3) is 0.800. The van der Waals surface area contributed by atoms with Gasteiger partial charge in [0.15, 0.2) is 0 Å². The Morgan fingerprint density at radius 2 is 2.00 bits per heavy atom. The van der Waals surface area contributed by atoms with Gasteiger partial charge in [-0.15, -0.1) is 0 Å². The molecule has 1 aliphatic rings. The highest BCUT2D eigenvalue weighted by atomic mass is 16.5. The van der Waals surface area contributed by atoms with E-state index in [1.807, 2.05) is 6.92 Å². The summed E-state index contributed by atoms with van der Waals surface area (Å²) >= 11 is 0. The Bertz CT molecular complexity index is 227. The Morgan fingerprint density at radius 1 is 1.40 bits per heavy atom. The first-order valence-electron chi connectivity index (χ1n) is 5.34. The SMILES string of the molecule is CCOC(CN)CN1C(=O)CCCC1=O. The van der Waals surface area contributed by atoms with Crippen molar-refractivity contribution < 1.29 is 14.3 Å². The van der Waals surface area contributed by atoms with Gasteiger partial charge in [0, 0.05) is 26.0 Å². The first-order chi connectivity index (χ1) is 7.19. The molecule has 0 radical (unpaired) electrons. The van der Waals surface area contributed by atoms with Crippen molar-refractivity contribution in [2.45, 2.75) is 32.3 Å². The van der Waals surface area contributed by atoms with Gasteiger partial charge in [0.25, 0.3) is 0 Å². The van der Waals surface area contributed by atoms with Crippen molar-refractivity contribution in [3.63, 3.8) is 0 Å². The van der Waals surface area contributed by atoms with Gasteiger partial charge < -0.3 is 10.5 Å². The molecular weight excluding hydrogens is 196 g/mol. The predicted molar refractivity (Wildman–Crippen MR) is 55.0 cm³/mol. The summed E-state index contributed by atoms with van der Waals surface area (Å²) in [4.78, 5) is 24.2. The van der Waals surface area contributed by atoms with Crippen LogP contribution >= 0.6 is 0 Å². The highest BCUT2D eigenvalue weighted by Crippen LogP contribution is 2.12. The van der Waals surface area contributed by atoms with Crippen LogP contribution in [0, 0.1) is 0 Å². The molecule has 1 rings (SSSR count). The summed E-state index contributed by atoms with van der Waals surface area (Å²) in [5.74, 6) is -0.214. The molecule has 5 nitrogen and oxygen atoms in total. The largest absolute Gasteiger partial charge is 0.375 e. The van der Waals surface area contributed by atoms with E-state index in [0.717, 1.165) is 0 Å². The first-order valence-corrected chi connectivity index (χ1v) is 5.34. The van der Waals surface area contributed by atoms with Crippen LogP contribution in [-0.4, -0.2) is 42.5 Å². The summed E-state index contributed by atoms with van der Waals surface area (Å²) in [5, 5.41) is 0. The predicted octanol–water partition coefficient (Wildman–Crippen LogP) is -0.111. The van der Waals surface area contributed by atoms with Crippen molar-refractivity contribution in [1.29, 1.82) is 0 Å². The molecule has 0 saturated carbocycles. The summed E-state index contributed by atoms with van der Waals surface area (Å²) in [5.41, 5.74) is 5.49. The van der Waals surface area contributed by atoms with E-state index in [0.29, 0.717) is 39.0 Å². The van der Waals surface area contributed by atoms with E-state index >= 15 is 0 Å². The number of carbonyl (C=O) groups is 2. The number of piperidine rings is 1. The second kappa shape index (κ2) is 5.82. The molecule has 0 aromatic carbocycles. The van der Waals surface area contributed by atoms with Crippen LogP contribution in [0.3, 0.4) is 0 Å². The summed E-state index contributed by atoms with van der Waals surface area (Å²) in [6.07, 6.45) is 1.33. The van der Waals surface area contributed by atoms with Crippen LogP contribution in [0.2, 0.25) is 0 Å². The van der Waals surface area contributed by atoms with Gasteiger partial charge in [0.1, 0.15) is 0 Å². The van der Waals surface area contributed by atoms with E-state index in [2.05, 4.69) is 0 Å². The number of hydrogen-bond acceptors (Lipinski definition) is 4. The Kier molecular flexibility index (Phi) is 4.71. The maximum atomic E-state index is 11.5. The van der Waals surface area contributed by atoms with E-state index in [-0.39, 0.29) is 17.9 Å². The Morgan fingerprint density at radius 3 is 2.47 bits per heavy atom. The Hall–Kier alpha value is -0.940. The number of hydrogen-bond donors (Lipinski definition) is 1. The molecule has 1 saturated heterocycles. The molecule has 1 atom stereocenters. The maximum Gasteiger partial charge on any atom is 0.229 e. The van der Waals surface area contributed by atoms with E-state index in [4.69, 9.17) is 10.5 Å². The van der Waals surface area contributed by atoms with Gasteiger partial charge in [-0.3, -0.25) is 14.5 Å². The van der Waals surface area contributed by atoms with Gasteiger partial charge >= 0.3 is 0 Å². The Labute approximate surface area is 89.6 Å². The number of nitrogens with zero attached hydrogens (tertiary/aromatic N) is 1. The van der Waals surface area contributed by atoms with Crippen LogP contribution in [0.15, 0.2) is 0 Å². The third-order valence-corrected chi connectivity index (χ3v) is 2.43. The van der Waals surface area contributed by atoms with E-state index in [1.54, 1.807) is 0 Å². The Balaban J connectivity index is 2.52. The van der Waals surface area contributed by atoms with Crippen molar-refractivity contribution in [1.82, 2.24) is 4.90 Å². The van der Waals surface area contributed by atoms with Crippen LogP contribution in [0.4, 0.5) is 0 Å². The van der Waals surface area contributed by atoms with Crippen LogP contribution in [0.25, 0.3) is 0 Å². The molecule has 0 aromatic rings. The van der Waals surface area contributed by atoms with Gasteiger partial charge in [0.05, 0.1) is 12.6 Å². The monoisotopic (exact) mass is 214 g/mol. The van der Waals surface area contributed by atoms with Gasteiger partial charge in [-0.05, 0) is 13.3 Å². The van der Waals surface area contributed by atoms with Crippen LogP contribution in [0.5, 0.6) is 0 Å².